The standard InChI is InChI=1S/C17H28N2O2/c1-21-12-11-19(10-4-9-18)17(20)16-8-7-14-5-2-3-6-15(14)13-16/h14-16H,2-8,10-13H2,1H3. The molecular formula is C17H28N2O2. The van der Waals surface area contributed by atoms with Crippen molar-refractivity contribution in [3.8, 4) is 6.07 Å². The van der Waals surface area contributed by atoms with Crippen molar-refractivity contribution in [3.63, 3.8) is 0 Å². The van der Waals surface area contributed by atoms with Crippen LogP contribution in [0.1, 0.15) is 51.4 Å². The lowest BCUT2D eigenvalue weighted by Crippen LogP contribution is -2.42. The van der Waals surface area contributed by atoms with Gasteiger partial charge in [0, 0.05) is 26.1 Å². The number of rotatable bonds is 6. The SMILES string of the molecule is COCCN(CCC#N)C(=O)C1CCC2CCCCC2C1. The van der Waals surface area contributed by atoms with Crippen molar-refractivity contribution < 1.29 is 9.53 Å². The molecule has 0 saturated heterocycles. The Morgan fingerprint density at radius 2 is 1.95 bits per heavy atom. The van der Waals surface area contributed by atoms with E-state index in [9.17, 15) is 4.79 Å². The Balaban J connectivity index is 1.91. The zero-order valence-electron chi connectivity index (χ0n) is 13.2. The first-order valence-electron chi connectivity index (χ1n) is 8.41. The zero-order valence-corrected chi connectivity index (χ0v) is 13.2. The first kappa shape index (κ1) is 16.3. The molecule has 2 aliphatic rings. The highest BCUT2D eigenvalue weighted by atomic mass is 16.5. The van der Waals surface area contributed by atoms with Crippen molar-refractivity contribution in [2.75, 3.05) is 26.8 Å². The Hall–Kier alpha value is -1.08. The van der Waals surface area contributed by atoms with Crippen LogP contribution in [-0.4, -0.2) is 37.6 Å². The van der Waals surface area contributed by atoms with E-state index in [0.29, 0.717) is 26.1 Å². The van der Waals surface area contributed by atoms with E-state index in [0.717, 1.165) is 24.7 Å². The van der Waals surface area contributed by atoms with E-state index in [1.165, 1.54) is 32.1 Å². The molecule has 2 aliphatic carbocycles. The molecule has 0 aromatic carbocycles. The molecule has 0 aromatic rings. The molecule has 2 rings (SSSR count). The third-order valence-electron chi connectivity index (χ3n) is 5.26. The van der Waals surface area contributed by atoms with Crippen molar-refractivity contribution in [3.05, 3.63) is 0 Å². The summed E-state index contributed by atoms with van der Waals surface area (Å²) in [7, 11) is 1.65. The molecule has 0 heterocycles. The van der Waals surface area contributed by atoms with Gasteiger partial charge in [0.25, 0.3) is 0 Å². The molecule has 0 aliphatic heterocycles. The lowest BCUT2D eigenvalue weighted by molar-refractivity contribution is -0.138. The first-order valence-corrected chi connectivity index (χ1v) is 8.41. The second-order valence-corrected chi connectivity index (χ2v) is 6.54. The number of fused-ring (bicyclic) bond motifs is 1. The highest BCUT2D eigenvalue weighted by Crippen LogP contribution is 2.43. The predicted octanol–water partition coefficient (Wildman–Crippen LogP) is 2.98. The summed E-state index contributed by atoms with van der Waals surface area (Å²) in [6.45, 7) is 1.71. The topological polar surface area (TPSA) is 53.3 Å². The molecular weight excluding hydrogens is 264 g/mol. The van der Waals surface area contributed by atoms with Gasteiger partial charge < -0.3 is 9.64 Å². The van der Waals surface area contributed by atoms with Gasteiger partial charge in [-0.1, -0.05) is 25.7 Å². The summed E-state index contributed by atoms with van der Waals surface area (Å²) in [5.41, 5.74) is 0. The van der Waals surface area contributed by atoms with Gasteiger partial charge in [0.1, 0.15) is 0 Å². The van der Waals surface area contributed by atoms with Gasteiger partial charge in [-0.3, -0.25) is 4.79 Å². The highest BCUT2D eigenvalue weighted by molar-refractivity contribution is 5.79. The lowest BCUT2D eigenvalue weighted by Gasteiger charge is -2.40. The van der Waals surface area contributed by atoms with Crippen LogP contribution < -0.4 is 0 Å². The Morgan fingerprint density at radius 3 is 2.67 bits per heavy atom. The van der Waals surface area contributed by atoms with Crippen molar-refractivity contribution in [1.29, 1.82) is 5.26 Å². The van der Waals surface area contributed by atoms with Gasteiger partial charge in [-0.15, -0.1) is 0 Å². The number of carbonyl (C=O) groups excluding carboxylic acids is 1. The van der Waals surface area contributed by atoms with Gasteiger partial charge >= 0.3 is 0 Å². The van der Waals surface area contributed by atoms with Crippen LogP contribution in [0.25, 0.3) is 0 Å². The molecule has 3 unspecified atom stereocenters. The van der Waals surface area contributed by atoms with Gasteiger partial charge in [0.05, 0.1) is 19.1 Å². The van der Waals surface area contributed by atoms with Crippen LogP contribution in [0.15, 0.2) is 0 Å². The van der Waals surface area contributed by atoms with Crippen LogP contribution >= 0.6 is 0 Å². The molecule has 0 bridgehead atoms. The minimum absolute atomic E-state index is 0.180. The summed E-state index contributed by atoms with van der Waals surface area (Å²) < 4.78 is 5.10. The fraction of sp³-hybridized carbons (Fsp3) is 0.882. The maximum Gasteiger partial charge on any atom is 0.225 e. The molecule has 0 radical (unpaired) electrons. The van der Waals surface area contributed by atoms with Gasteiger partial charge in [-0.05, 0) is 31.1 Å². The number of hydrogen-bond donors (Lipinski definition) is 0. The maximum atomic E-state index is 12.7. The van der Waals surface area contributed by atoms with E-state index < -0.39 is 0 Å². The van der Waals surface area contributed by atoms with E-state index in [-0.39, 0.29) is 11.8 Å². The van der Waals surface area contributed by atoms with Crippen LogP contribution in [0.3, 0.4) is 0 Å². The third kappa shape index (κ3) is 4.44. The average Bonchev–Trinajstić information content (AvgIpc) is 2.54. The van der Waals surface area contributed by atoms with Gasteiger partial charge in [-0.2, -0.15) is 5.26 Å². The lowest BCUT2D eigenvalue weighted by atomic mass is 9.67. The second-order valence-electron chi connectivity index (χ2n) is 6.54. The average molecular weight is 292 g/mol. The third-order valence-corrected chi connectivity index (χ3v) is 5.26. The van der Waals surface area contributed by atoms with Crippen molar-refractivity contribution >= 4 is 5.91 Å². The van der Waals surface area contributed by atoms with Crippen molar-refractivity contribution in [1.82, 2.24) is 4.90 Å². The molecule has 0 N–H and O–H groups in total. The quantitative estimate of drug-likeness (QED) is 0.756. The van der Waals surface area contributed by atoms with Crippen molar-refractivity contribution in [2.45, 2.75) is 51.4 Å². The Morgan fingerprint density at radius 1 is 1.19 bits per heavy atom. The Kier molecular flexibility index (Phi) is 6.50. The predicted molar refractivity (Wildman–Crippen MR) is 81.5 cm³/mol. The van der Waals surface area contributed by atoms with Gasteiger partial charge in [0.15, 0.2) is 0 Å². The summed E-state index contributed by atoms with van der Waals surface area (Å²) in [4.78, 5) is 14.6. The smallest absolute Gasteiger partial charge is 0.225 e. The zero-order chi connectivity index (χ0) is 15.1. The molecule has 2 saturated carbocycles. The second kappa shape index (κ2) is 8.38. The summed E-state index contributed by atoms with van der Waals surface area (Å²) in [5.74, 6) is 2.07. The Labute approximate surface area is 128 Å². The molecule has 4 nitrogen and oxygen atoms in total. The number of nitrogens with zero attached hydrogens (tertiary/aromatic N) is 2. The largest absolute Gasteiger partial charge is 0.383 e. The number of carbonyl (C=O) groups is 1. The monoisotopic (exact) mass is 292 g/mol. The molecule has 0 aromatic heterocycles. The number of amides is 1. The molecule has 118 valence electrons. The normalized spacial score (nSPS) is 28.5. The van der Waals surface area contributed by atoms with Crippen LogP contribution in [0.5, 0.6) is 0 Å². The molecule has 21 heavy (non-hydrogen) atoms. The van der Waals surface area contributed by atoms with Crippen LogP contribution in [0.4, 0.5) is 0 Å². The Bertz CT molecular complexity index is 377. The van der Waals surface area contributed by atoms with E-state index in [1.54, 1.807) is 7.11 Å². The fourth-order valence-corrected chi connectivity index (χ4v) is 4.07. The van der Waals surface area contributed by atoms with E-state index in [2.05, 4.69) is 6.07 Å². The van der Waals surface area contributed by atoms with Crippen molar-refractivity contribution in [2.24, 2.45) is 17.8 Å². The minimum Gasteiger partial charge on any atom is -0.383 e. The molecule has 4 heteroatoms. The van der Waals surface area contributed by atoms with Crippen LogP contribution in [0, 0.1) is 29.1 Å². The highest BCUT2D eigenvalue weighted by Gasteiger charge is 2.36. The molecule has 1 amide bonds. The van der Waals surface area contributed by atoms with E-state index in [1.807, 2.05) is 4.90 Å². The summed E-state index contributed by atoms with van der Waals surface area (Å²) >= 11 is 0. The first-order chi connectivity index (χ1) is 10.3. The van der Waals surface area contributed by atoms with E-state index >= 15 is 0 Å². The summed E-state index contributed by atoms with van der Waals surface area (Å²) in [6, 6.07) is 2.14. The van der Waals surface area contributed by atoms with Crippen LogP contribution in [-0.2, 0) is 9.53 Å². The minimum atomic E-state index is 0.180. The number of ether oxygens (including phenoxy) is 1. The maximum absolute atomic E-state index is 12.7. The molecule has 3 atom stereocenters. The summed E-state index contributed by atoms with van der Waals surface area (Å²) in [6.07, 6.45) is 9.13. The number of hydrogen-bond acceptors (Lipinski definition) is 3. The van der Waals surface area contributed by atoms with Gasteiger partial charge in [-0.25, -0.2) is 0 Å². The number of nitriles is 1. The van der Waals surface area contributed by atoms with Crippen LogP contribution in [0.2, 0.25) is 0 Å². The molecule has 0 spiro atoms. The molecule has 2 fully saturated rings. The number of methoxy groups -OCH3 is 1. The summed E-state index contributed by atoms with van der Waals surface area (Å²) in [5, 5.41) is 8.77. The fourth-order valence-electron chi connectivity index (χ4n) is 4.07. The van der Waals surface area contributed by atoms with E-state index in [4.69, 9.17) is 10.00 Å². The van der Waals surface area contributed by atoms with Gasteiger partial charge in [0.2, 0.25) is 5.91 Å².